The van der Waals surface area contributed by atoms with Crippen LogP contribution in [0.25, 0.3) is 6.08 Å². The lowest BCUT2D eigenvalue weighted by molar-refractivity contribution is -0.114. The number of carbonyl (C=O) groups excluding carboxylic acids is 1. The fourth-order valence-electron chi connectivity index (χ4n) is 3.19. The molecule has 140 valence electrons. The van der Waals surface area contributed by atoms with Gasteiger partial charge < -0.3 is 4.74 Å². The number of methoxy groups -OCH3 is 1. The molecule has 4 heteroatoms. The average Bonchev–Trinajstić information content (AvgIpc) is 3.06. The van der Waals surface area contributed by atoms with E-state index in [1.807, 2.05) is 84.6 Å². The van der Waals surface area contributed by atoms with E-state index < -0.39 is 0 Å². The highest BCUT2D eigenvalue weighted by Gasteiger charge is 2.38. The van der Waals surface area contributed by atoms with Crippen molar-refractivity contribution in [3.8, 4) is 5.75 Å². The summed E-state index contributed by atoms with van der Waals surface area (Å²) in [6.45, 7) is 2.05. The Balaban J connectivity index is 1.73. The number of benzene rings is 3. The first kappa shape index (κ1) is 18.4. The number of nitrogens with zero attached hydrogens (tertiary/aromatic N) is 1. The summed E-state index contributed by atoms with van der Waals surface area (Å²) >= 11 is 1.59. The topological polar surface area (TPSA) is 29.5 Å². The van der Waals surface area contributed by atoms with E-state index in [9.17, 15) is 4.79 Å². The molecule has 1 atom stereocenters. The summed E-state index contributed by atoms with van der Waals surface area (Å²) in [5.74, 6) is 0.828. The lowest BCUT2D eigenvalue weighted by Gasteiger charge is -2.23. The number of aryl methyl sites for hydroxylation is 1. The predicted molar refractivity (Wildman–Crippen MR) is 116 cm³/mol. The molecule has 0 aliphatic carbocycles. The second-order valence-corrected chi connectivity index (χ2v) is 7.80. The number of anilines is 1. The summed E-state index contributed by atoms with van der Waals surface area (Å²) in [5, 5.41) is -0.0825. The molecule has 1 saturated heterocycles. The van der Waals surface area contributed by atoms with Gasteiger partial charge in [0.25, 0.3) is 5.91 Å². The third-order valence-electron chi connectivity index (χ3n) is 4.71. The first-order chi connectivity index (χ1) is 13.7. The van der Waals surface area contributed by atoms with Crippen molar-refractivity contribution in [3.05, 3.63) is 100 Å². The van der Waals surface area contributed by atoms with Gasteiger partial charge in [-0.25, -0.2) is 0 Å². The Hall–Kier alpha value is -2.98. The third kappa shape index (κ3) is 3.69. The minimum Gasteiger partial charge on any atom is -0.497 e. The molecule has 1 fully saturated rings. The number of ether oxygens (including phenoxy) is 1. The lowest BCUT2D eigenvalue weighted by Crippen LogP contribution is -2.27. The van der Waals surface area contributed by atoms with Crippen molar-refractivity contribution >= 4 is 29.4 Å². The Morgan fingerprint density at radius 1 is 0.929 bits per heavy atom. The first-order valence-corrected chi connectivity index (χ1v) is 10.0. The molecule has 1 aliphatic rings. The van der Waals surface area contributed by atoms with Gasteiger partial charge in [0, 0.05) is 5.69 Å². The van der Waals surface area contributed by atoms with Gasteiger partial charge in [0.15, 0.2) is 0 Å². The Morgan fingerprint density at radius 3 is 2.25 bits per heavy atom. The van der Waals surface area contributed by atoms with E-state index in [1.165, 1.54) is 5.56 Å². The van der Waals surface area contributed by atoms with Crippen molar-refractivity contribution in [2.45, 2.75) is 12.3 Å². The molecule has 1 amide bonds. The minimum absolute atomic E-state index is 0.0264. The molecule has 1 aliphatic heterocycles. The Labute approximate surface area is 169 Å². The third-order valence-corrected chi connectivity index (χ3v) is 5.97. The number of amides is 1. The molecule has 0 saturated carbocycles. The number of rotatable bonds is 4. The van der Waals surface area contributed by atoms with Gasteiger partial charge in [0.2, 0.25) is 0 Å². The average molecular weight is 388 g/mol. The smallest absolute Gasteiger partial charge is 0.266 e. The number of hydrogen-bond acceptors (Lipinski definition) is 3. The fraction of sp³-hybridized carbons (Fsp3) is 0.125. The zero-order valence-electron chi connectivity index (χ0n) is 15.8. The first-order valence-electron chi connectivity index (χ1n) is 9.13. The van der Waals surface area contributed by atoms with Crippen LogP contribution in [0.2, 0.25) is 0 Å². The zero-order valence-corrected chi connectivity index (χ0v) is 16.6. The molecule has 0 bridgehead atoms. The van der Waals surface area contributed by atoms with Gasteiger partial charge in [-0.15, -0.1) is 0 Å². The van der Waals surface area contributed by atoms with Crippen LogP contribution in [0, 0.1) is 6.92 Å². The SMILES string of the molecule is COc1ccc(/C=C2\SC(c3ccccc3)N(c3ccc(C)cc3)C2=O)cc1. The van der Waals surface area contributed by atoms with E-state index >= 15 is 0 Å². The molecule has 3 aromatic rings. The monoisotopic (exact) mass is 387 g/mol. The van der Waals surface area contributed by atoms with Crippen LogP contribution in [0.15, 0.2) is 83.8 Å². The second kappa shape index (κ2) is 7.95. The van der Waals surface area contributed by atoms with E-state index in [1.54, 1.807) is 18.9 Å². The molecule has 0 N–H and O–H groups in total. The van der Waals surface area contributed by atoms with E-state index in [-0.39, 0.29) is 11.3 Å². The largest absolute Gasteiger partial charge is 0.497 e. The predicted octanol–water partition coefficient (Wildman–Crippen LogP) is 5.82. The van der Waals surface area contributed by atoms with Crippen molar-refractivity contribution in [1.29, 1.82) is 0 Å². The van der Waals surface area contributed by atoms with Gasteiger partial charge in [-0.3, -0.25) is 9.69 Å². The van der Waals surface area contributed by atoms with Gasteiger partial charge in [0.1, 0.15) is 11.1 Å². The summed E-state index contributed by atoms with van der Waals surface area (Å²) in [6.07, 6.45) is 1.95. The molecule has 1 unspecified atom stereocenters. The van der Waals surface area contributed by atoms with E-state index in [0.717, 1.165) is 27.5 Å². The van der Waals surface area contributed by atoms with Crippen LogP contribution in [0.4, 0.5) is 5.69 Å². The van der Waals surface area contributed by atoms with Crippen molar-refractivity contribution in [1.82, 2.24) is 0 Å². The van der Waals surface area contributed by atoms with Crippen molar-refractivity contribution in [2.24, 2.45) is 0 Å². The number of thioether (sulfide) groups is 1. The van der Waals surface area contributed by atoms with Gasteiger partial charge >= 0.3 is 0 Å². The minimum atomic E-state index is -0.0825. The molecule has 0 spiro atoms. The maximum Gasteiger partial charge on any atom is 0.266 e. The molecule has 4 rings (SSSR count). The van der Waals surface area contributed by atoms with Crippen LogP contribution in [0.1, 0.15) is 22.1 Å². The van der Waals surface area contributed by atoms with Crippen molar-refractivity contribution in [3.63, 3.8) is 0 Å². The van der Waals surface area contributed by atoms with Crippen LogP contribution >= 0.6 is 11.8 Å². The molecular weight excluding hydrogens is 366 g/mol. The van der Waals surface area contributed by atoms with E-state index in [4.69, 9.17) is 4.74 Å². The number of hydrogen-bond donors (Lipinski definition) is 0. The van der Waals surface area contributed by atoms with E-state index in [2.05, 4.69) is 12.1 Å². The summed E-state index contributed by atoms with van der Waals surface area (Å²) in [4.78, 5) is 15.9. The molecule has 28 heavy (non-hydrogen) atoms. The highest BCUT2D eigenvalue weighted by molar-refractivity contribution is 8.05. The van der Waals surface area contributed by atoms with Gasteiger partial charge in [-0.1, -0.05) is 71.9 Å². The molecule has 1 heterocycles. The van der Waals surface area contributed by atoms with Gasteiger partial charge in [-0.05, 0) is 48.4 Å². The van der Waals surface area contributed by atoms with E-state index in [0.29, 0.717) is 0 Å². The molecule has 0 radical (unpaired) electrons. The van der Waals surface area contributed by atoms with Crippen LogP contribution < -0.4 is 9.64 Å². The zero-order chi connectivity index (χ0) is 19.5. The van der Waals surface area contributed by atoms with Crippen LogP contribution in [0.3, 0.4) is 0 Å². The van der Waals surface area contributed by atoms with Crippen molar-refractivity contribution < 1.29 is 9.53 Å². The highest BCUT2D eigenvalue weighted by atomic mass is 32.2. The quantitative estimate of drug-likeness (QED) is 0.528. The Bertz CT molecular complexity index is 995. The summed E-state index contributed by atoms with van der Waals surface area (Å²) < 4.78 is 5.22. The van der Waals surface area contributed by atoms with Crippen LogP contribution in [0.5, 0.6) is 5.75 Å². The molecule has 0 aromatic heterocycles. The summed E-state index contributed by atoms with van der Waals surface area (Å²) in [6, 6.07) is 26.0. The highest BCUT2D eigenvalue weighted by Crippen LogP contribution is 2.48. The lowest BCUT2D eigenvalue weighted by atomic mass is 10.1. The molecule has 3 aromatic carbocycles. The summed E-state index contributed by atoms with van der Waals surface area (Å²) in [5.41, 5.74) is 4.18. The Morgan fingerprint density at radius 2 is 1.61 bits per heavy atom. The van der Waals surface area contributed by atoms with Gasteiger partial charge in [0.05, 0.1) is 12.0 Å². The van der Waals surface area contributed by atoms with Crippen LogP contribution in [-0.4, -0.2) is 13.0 Å². The molecular formula is C24H21NO2S. The summed E-state index contributed by atoms with van der Waals surface area (Å²) in [7, 11) is 1.65. The normalized spacial score (nSPS) is 17.9. The standard InChI is InChI=1S/C24H21NO2S/c1-17-8-12-20(13-9-17)25-23(26)22(16-18-10-14-21(27-2)15-11-18)28-24(25)19-6-4-3-5-7-19/h3-16,24H,1-2H3/b22-16-. The van der Waals surface area contributed by atoms with Crippen LogP contribution in [-0.2, 0) is 4.79 Å². The second-order valence-electron chi connectivity index (χ2n) is 6.67. The van der Waals surface area contributed by atoms with Gasteiger partial charge in [-0.2, -0.15) is 0 Å². The maximum atomic E-state index is 13.3. The fourth-order valence-corrected chi connectivity index (χ4v) is 4.45. The molecule has 3 nitrogen and oxygen atoms in total. The van der Waals surface area contributed by atoms with Crippen molar-refractivity contribution in [2.75, 3.05) is 12.0 Å². The Kier molecular flexibility index (Phi) is 5.22. The maximum absolute atomic E-state index is 13.3. The number of carbonyl (C=O) groups is 1.